The summed E-state index contributed by atoms with van der Waals surface area (Å²) in [6.45, 7) is 2.32. The van der Waals surface area contributed by atoms with Crippen molar-refractivity contribution in [3.8, 4) is 0 Å². The van der Waals surface area contributed by atoms with Crippen LogP contribution in [-0.2, 0) is 9.53 Å². The molecular weight excluding hydrogens is 356 g/mol. The number of esters is 1. The van der Waals surface area contributed by atoms with Crippen molar-refractivity contribution in [3.05, 3.63) is 59.0 Å². The molecule has 0 spiro atoms. The number of carbonyl (C=O) groups excluding carboxylic acids is 2. The Bertz CT molecular complexity index is 776. The molecule has 1 amide bonds. The van der Waals surface area contributed by atoms with Gasteiger partial charge in [0.15, 0.2) is 0 Å². The first-order chi connectivity index (χ1) is 12.5. The molecule has 0 aliphatic rings. The fraction of sp³-hybridized carbons (Fsp3) is 0.222. The van der Waals surface area contributed by atoms with E-state index >= 15 is 0 Å². The summed E-state index contributed by atoms with van der Waals surface area (Å²) in [5, 5.41) is 6.55. The lowest BCUT2D eigenvalue weighted by Crippen LogP contribution is -2.34. The van der Waals surface area contributed by atoms with E-state index in [2.05, 4.69) is 25.3 Å². The van der Waals surface area contributed by atoms with E-state index in [4.69, 9.17) is 11.6 Å². The number of amides is 1. The molecule has 136 valence electrons. The van der Waals surface area contributed by atoms with Crippen LogP contribution in [0.5, 0.6) is 0 Å². The second-order valence-corrected chi connectivity index (χ2v) is 5.88. The van der Waals surface area contributed by atoms with Crippen molar-refractivity contribution in [1.29, 1.82) is 0 Å². The van der Waals surface area contributed by atoms with Gasteiger partial charge in [-0.15, -0.1) is 0 Å². The summed E-state index contributed by atoms with van der Waals surface area (Å²) in [6.07, 6.45) is 5.86. The predicted molar refractivity (Wildman–Crippen MR) is 100.0 cm³/mol. The normalized spacial score (nSPS) is 11.8. The molecule has 0 fully saturated rings. The molecular formula is C18H19ClN4O3. The fourth-order valence-electron chi connectivity index (χ4n) is 1.97. The van der Waals surface area contributed by atoms with E-state index in [0.29, 0.717) is 28.6 Å². The molecule has 2 rings (SSSR count). The third-order valence-corrected chi connectivity index (χ3v) is 3.58. The summed E-state index contributed by atoms with van der Waals surface area (Å²) < 4.78 is 4.50. The molecule has 1 heterocycles. The van der Waals surface area contributed by atoms with E-state index in [1.807, 2.05) is 6.92 Å². The number of carbonyl (C=O) groups is 2. The van der Waals surface area contributed by atoms with Gasteiger partial charge in [0, 0.05) is 29.2 Å². The lowest BCUT2D eigenvalue weighted by Gasteiger charge is -2.15. The first-order valence-electron chi connectivity index (χ1n) is 7.86. The van der Waals surface area contributed by atoms with E-state index in [9.17, 15) is 9.59 Å². The second kappa shape index (κ2) is 9.53. The van der Waals surface area contributed by atoms with Crippen molar-refractivity contribution < 1.29 is 14.3 Å². The van der Waals surface area contributed by atoms with Crippen LogP contribution in [0.15, 0.2) is 42.7 Å². The smallest absolute Gasteiger partial charge is 0.330 e. The molecule has 0 saturated carbocycles. The van der Waals surface area contributed by atoms with E-state index in [1.165, 1.54) is 25.5 Å². The van der Waals surface area contributed by atoms with Gasteiger partial charge < -0.3 is 15.4 Å². The van der Waals surface area contributed by atoms with Crippen molar-refractivity contribution in [2.24, 2.45) is 0 Å². The minimum atomic E-state index is -0.459. The van der Waals surface area contributed by atoms with Crippen molar-refractivity contribution in [1.82, 2.24) is 15.3 Å². The highest BCUT2D eigenvalue weighted by atomic mass is 35.5. The summed E-state index contributed by atoms with van der Waals surface area (Å²) in [5.41, 5.74) is 1.08. The predicted octanol–water partition coefficient (Wildman–Crippen LogP) is 2.55. The summed E-state index contributed by atoms with van der Waals surface area (Å²) in [4.78, 5) is 31.5. The second-order valence-electron chi connectivity index (χ2n) is 5.45. The lowest BCUT2D eigenvalue weighted by atomic mass is 10.2. The van der Waals surface area contributed by atoms with Crippen molar-refractivity contribution in [2.45, 2.75) is 13.0 Å². The third-order valence-electron chi connectivity index (χ3n) is 3.33. The Morgan fingerprint density at radius 1 is 1.23 bits per heavy atom. The Morgan fingerprint density at radius 2 is 1.96 bits per heavy atom. The molecule has 1 aromatic heterocycles. The summed E-state index contributed by atoms with van der Waals surface area (Å²) in [7, 11) is 1.30. The average Bonchev–Trinajstić information content (AvgIpc) is 2.65. The zero-order valence-corrected chi connectivity index (χ0v) is 15.2. The molecule has 1 atom stereocenters. The molecule has 7 nitrogen and oxygen atoms in total. The van der Waals surface area contributed by atoms with Crippen LogP contribution in [0, 0.1) is 0 Å². The maximum atomic E-state index is 12.1. The fourth-order valence-corrected chi connectivity index (χ4v) is 2.10. The molecule has 0 bridgehead atoms. The van der Waals surface area contributed by atoms with Gasteiger partial charge in [-0.05, 0) is 37.3 Å². The van der Waals surface area contributed by atoms with Crippen LogP contribution in [0.1, 0.15) is 23.0 Å². The Labute approximate surface area is 156 Å². The molecule has 26 heavy (non-hydrogen) atoms. The first-order valence-corrected chi connectivity index (χ1v) is 8.24. The van der Waals surface area contributed by atoms with Crippen LogP contribution in [0.2, 0.25) is 5.02 Å². The molecule has 8 heteroatoms. The summed E-state index contributed by atoms with van der Waals surface area (Å²) in [5.74, 6) is -0.0720. The van der Waals surface area contributed by atoms with Gasteiger partial charge in [-0.2, -0.15) is 0 Å². The number of methoxy groups -OCH3 is 1. The van der Waals surface area contributed by atoms with E-state index < -0.39 is 5.97 Å². The van der Waals surface area contributed by atoms with Crippen molar-refractivity contribution in [2.75, 3.05) is 19.0 Å². The Hall–Kier alpha value is -2.93. The van der Waals surface area contributed by atoms with Crippen molar-refractivity contribution >= 4 is 35.4 Å². The Balaban J connectivity index is 1.82. The minimum Gasteiger partial charge on any atom is -0.466 e. The number of nitrogens with zero attached hydrogens (tertiary/aromatic N) is 2. The minimum absolute atomic E-state index is 0.0583. The van der Waals surface area contributed by atoms with Gasteiger partial charge in [-0.3, -0.25) is 9.78 Å². The molecule has 0 saturated heterocycles. The highest BCUT2D eigenvalue weighted by molar-refractivity contribution is 6.30. The third kappa shape index (κ3) is 6.18. The first kappa shape index (κ1) is 19.4. The lowest BCUT2D eigenvalue weighted by molar-refractivity contribution is -0.134. The van der Waals surface area contributed by atoms with Crippen LogP contribution in [0.25, 0.3) is 6.08 Å². The standard InChI is InChI=1S/C18H19ClN4O3/c1-12(9-22-18(25)13-3-5-14(19)6-4-13)23-16-11-20-15(10-21-16)7-8-17(24)26-2/h3-8,10-12H,9H2,1-2H3,(H,21,23)(H,22,25)/b8-7+/t12-/m1/s1. The van der Waals surface area contributed by atoms with Crippen LogP contribution < -0.4 is 10.6 Å². The maximum Gasteiger partial charge on any atom is 0.330 e. The van der Waals surface area contributed by atoms with E-state index in [1.54, 1.807) is 30.5 Å². The van der Waals surface area contributed by atoms with E-state index in [-0.39, 0.29) is 11.9 Å². The van der Waals surface area contributed by atoms with Gasteiger partial charge in [0.05, 0.1) is 25.2 Å². The Kier molecular flexibility index (Phi) is 7.11. The topological polar surface area (TPSA) is 93.2 Å². The van der Waals surface area contributed by atoms with Crippen molar-refractivity contribution in [3.63, 3.8) is 0 Å². The van der Waals surface area contributed by atoms with Gasteiger partial charge in [0.1, 0.15) is 5.82 Å². The Morgan fingerprint density at radius 3 is 2.58 bits per heavy atom. The molecule has 0 unspecified atom stereocenters. The van der Waals surface area contributed by atoms with Crippen LogP contribution in [0.3, 0.4) is 0 Å². The van der Waals surface area contributed by atoms with Crippen LogP contribution in [0.4, 0.5) is 5.82 Å². The van der Waals surface area contributed by atoms with Crippen LogP contribution in [-0.4, -0.2) is 41.5 Å². The maximum absolute atomic E-state index is 12.1. The molecule has 2 aromatic rings. The number of ether oxygens (including phenoxy) is 1. The SMILES string of the molecule is COC(=O)/C=C/c1cnc(N[C@H](C)CNC(=O)c2ccc(Cl)cc2)cn1. The highest BCUT2D eigenvalue weighted by Gasteiger charge is 2.08. The van der Waals surface area contributed by atoms with E-state index in [0.717, 1.165) is 0 Å². The molecule has 2 N–H and O–H groups in total. The molecule has 0 radical (unpaired) electrons. The summed E-state index contributed by atoms with van der Waals surface area (Å²) >= 11 is 5.81. The quantitative estimate of drug-likeness (QED) is 0.571. The molecule has 0 aliphatic heterocycles. The van der Waals surface area contributed by atoms with Gasteiger partial charge in [-0.1, -0.05) is 11.6 Å². The van der Waals surface area contributed by atoms with Crippen LogP contribution >= 0.6 is 11.6 Å². The van der Waals surface area contributed by atoms with Gasteiger partial charge in [0.2, 0.25) is 0 Å². The number of hydrogen-bond donors (Lipinski definition) is 2. The number of anilines is 1. The highest BCUT2D eigenvalue weighted by Crippen LogP contribution is 2.09. The van der Waals surface area contributed by atoms with Gasteiger partial charge in [0.25, 0.3) is 5.91 Å². The monoisotopic (exact) mass is 374 g/mol. The number of rotatable bonds is 7. The van der Waals surface area contributed by atoms with Gasteiger partial charge in [-0.25, -0.2) is 9.78 Å². The number of benzene rings is 1. The zero-order valence-electron chi connectivity index (χ0n) is 14.4. The molecule has 0 aliphatic carbocycles. The average molecular weight is 375 g/mol. The molecule has 1 aromatic carbocycles. The number of aromatic nitrogens is 2. The van der Waals surface area contributed by atoms with Gasteiger partial charge >= 0.3 is 5.97 Å². The summed E-state index contributed by atoms with van der Waals surface area (Å²) in [6, 6.07) is 6.62. The number of nitrogens with one attached hydrogen (secondary N) is 2. The largest absolute Gasteiger partial charge is 0.466 e. The number of halogens is 1. The zero-order chi connectivity index (χ0) is 18.9. The number of hydrogen-bond acceptors (Lipinski definition) is 6.